The fourth-order valence-electron chi connectivity index (χ4n) is 4.35. The molecule has 2 fully saturated rings. The van der Waals surface area contributed by atoms with Crippen molar-refractivity contribution in [3.05, 3.63) is 46.5 Å². The van der Waals surface area contributed by atoms with Crippen molar-refractivity contribution < 1.29 is 4.39 Å². The standard InChI is InChI=1S/C19H22FN3/c20-15-4-6-16-14(11-15)3-5-17-18(12-1-2-12)19(22-23(16)17)13-7-9-21-10-8-13/h4,6,11-13,21H,1-3,5,7-10H2. The van der Waals surface area contributed by atoms with Crippen LogP contribution in [-0.2, 0) is 12.8 Å². The molecule has 1 saturated heterocycles. The van der Waals surface area contributed by atoms with Gasteiger partial charge in [0.05, 0.1) is 11.4 Å². The first-order valence-electron chi connectivity index (χ1n) is 8.92. The summed E-state index contributed by atoms with van der Waals surface area (Å²) < 4.78 is 15.7. The number of nitrogens with one attached hydrogen (secondary N) is 1. The maximum Gasteiger partial charge on any atom is 0.123 e. The lowest BCUT2D eigenvalue weighted by Gasteiger charge is -2.22. The normalized spacial score (nSPS) is 21.1. The second-order valence-corrected chi connectivity index (χ2v) is 7.23. The number of piperidine rings is 1. The number of hydrogen-bond acceptors (Lipinski definition) is 2. The van der Waals surface area contributed by atoms with Gasteiger partial charge in [-0.3, -0.25) is 0 Å². The maximum atomic E-state index is 13.5. The summed E-state index contributed by atoms with van der Waals surface area (Å²) in [6.07, 6.45) is 6.93. The van der Waals surface area contributed by atoms with Gasteiger partial charge in [-0.2, -0.15) is 5.10 Å². The molecule has 1 aliphatic carbocycles. The number of hydrogen-bond donors (Lipinski definition) is 1. The molecule has 5 rings (SSSR count). The molecular weight excluding hydrogens is 289 g/mol. The largest absolute Gasteiger partial charge is 0.317 e. The quantitative estimate of drug-likeness (QED) is 0.920. The van der Waals surface area contributed by atoms with E-state index in [0.29, 0.717) is 5.92 Å². The summed E-state index contributed by atoms with van der Waals surface area (Å²) in [6, 6.07) is 5.15. The summed E-state index contributed by atoms with van der Waals surface area (Å²) in [7, 11) is 0. The minimum atomic E-state index is -0.139. The number of nitrogens with zero attached hydrogens (tertiary/aromatic N) is 2. The number of halogens is 1. The van der Waals surface area contributed by atoms with E-state index < -0.39 is 0 Å². The van der Waals surface area contributed by atoms with E-state index in [9.17, 15) is 4.39 Å². The molecular formula is C19H22FN3. The zero-order valence-electron chi connectivity index (χ0n) is 13.3. The van der Waals surface area contributed by atoms with Gasteiger partial charge in [0.15, 0.2) is 0 Å². The molecule has 1 N–H and O–H groups in total. The Kier molecular flexibility index (Phi) is 3.08. The molecule has 23 heavy (non-hydrogen) atoms. The van der Waals surface area contributed by atoms with E-state index in [0.717, 1.165) is 43.1 Å². The van der Waals surface area contributed by atoms with Gasteiger partial charge in [-0.05, 0) is 81.3 Å². The van der Waals surface area contributed by atoms with Crippen LogP contribution in [0.4, 0.5) is 4.39 Å². The van der Waals surface area contributed by atoms with Crippen LogP contribution in [0.2, 0.25) is 0 Å². The summed E-state index contributed by atoms with van der Waals surface area (Å²) in [4.78, 5) is 0. The third-order valence-electron chi connectivity index (χ3n) is 5.66. The van der Waals surface area contributed by atoms with Gasteiger partial charge in [0.25, 0.3) is 0 Å². The monoisotopic (exact) mass is 311 g/mol. The number of fused-ring (bicyclic) bond motifs is 3. The SMILES string of the molecule is Fc1ccc2c(c1)CCc1c(C3CC3)c(C3CCNCC3)nn1-2. The highest BCUT2D eigenvalue weighted by atomic mass is 19.1. The molecule has 0 spiro atoms. The summed E-state index contributed by atoms with van der Waals surface area (Å²) in [6.45, 7) is 2.19. The Morgan fingerprint density at radius 3 is 2.65 bits per heavy atom. The molecule has 3 aliphatic rings. The van der Waals surface area contributed by atoms with Crippen LogP contribution >= 0.6 is 0 Å². The Labute approximate surface area is 135 Å². The van der Waals surface area contributed by atoms with Gasteiger partial charge < -0.3 is 5.32 Å². The van der Waals surface area contributed by atoms with Gasteiger partial charge >= 0.3 is 0 Å². The third-order valence-corrected chi connectivity index (χ3v) is 5.66. The van der Waals surface area contributed by atoms with Crippen molar-refractivity contribution in [3.63, 3.8) is 0 Å². The minimum Gasteiger partial charge on any atom is -0.317 e. The molecule has 2 aromatic rings. The number of aromatic nitrogens is 2. The Hall–Kier alpha value is -1.68. The average molecular weight is 311 g/mol. The predicted molar refractivity (Wildman–Crippen MR) is 87.7 cm³/mol. The topological polar surface area (TPSA) is 29.9 Å². The Morgan fingerprint density at radius 1 is 1.04 bits per heavy atom. The first-order chi connectivity index (χ1) is 11.3. The van der Waals surface area contributed by atoms with Crippen molar-refractivity contribution in [2.45, 2.75) is 50.4 Å². The molecule has 0 amide bonds. The molecule has 0 bridgehead atoms. The van der Waals surface area contributed by atoms with Crippen molar-refractivity contribution >= 4 is 0 Å². The second kappa shape index (κ2) is 5.17. The van der Waals surface area contributed by atoms with Crippen LogP contribution in [0.5, 0.6) is 0 Å². The van der Waals surface area contributed by atoms with E-state index in [1.54, 1.807) is 17.7 Å². The Balaban J connectivity index is 1.65. The van der Waals surface area contributed by atoms with Crippen molar-refractivity contribution in [2.75, 3.05) is 13.1 Å². The molecule has 1 aromatic heterocycles. The van der Waals surface area contributed by atoms with E-state index in [2.05, 4.69) is 10.00 Å². The van der Waals surface area contributed by atoms with Crippen LogP contribution in [0.25, 0.3) is 5.69 Å². The van der Waals surface area contributed by atoms with Gasteiger partial charge in [-0.1, -0.05) is 0 Å². The first kappa shape index (κ1) is 13.7. The smallest absolute Gasteiger partial charge is 0.123 e. The van der Waals surface area contributed by atoms with Crippen LogP contribution in [0, 0.1) is 5.82 Å². The highest BCUT2D eigenvalue weighted by Crippen LogP contribution is 2.47. The molecule has 0 atom stereocenters. The second-order valence-electron chi connectivity index (χ2n) is 7.23. The molecule has 120 valence electrons. The summed E-state index contributed by atoms with van der Waals surface area (Å²) in [5, 5.41) is 8.53. The van der Waals surface area contributed by atoms with Crippen LogP contribution in [0.3, 0.4) is 0 Å². The van der Waals surface area contributed by atoms with E-state index in [-0.39, 0.29) is 5.82 Å². The van der Waals surface area contributed by atoms with E-state index in [1.165, 1.54) is 37.1 Å². The van der Waals surface area contributed by atoms with Gasteiger partial charge in [-0.15, -0.1) is 0 Å². The van der Waals surface area contributed by atoms with E-state index >= 15 is 0 Å². The number of rotatable bonds is 2. The molecule has 3 heterocycles. The predicted octanol–water partition coefficient (Wildman–Crippen LogP) is 3.45. The highest BCUT2D eigenvalue weighted by molar-refractivity contribution is 5.49. The van der Waals surface area contributed by atoms with E-state index in [1.807, 2.05) is 6.07 Å². The lowest BCUT2D eigenvalue weighted by molar-refractivity contribution is 0.449. The summed E-state index contributed by atoms with van der Waals surface area (Å²) in [5.74, 6) is 1.18. The highest BCUT2D eigenvalue weighted by Gasteiger charge is 2.36. The first-order valence-corrected chi connectivity index (χ1v) is 8.92. The number of aryl methyl sites for hydroxylation is 1. The molecule has 1 aromatic carbocycles. The fourth-order valence-corrected chi connectivity index (χ4v) is 4.35. The van der Waals surface area contributed by atoms with Crippen molar-refractivity contribution in [3.8, 4) is 5.69 Å². The van der Waals surface area contributed by atoms with Crippen molar-refractivity contribution in [2.24, 2.45) is 0 Å². The average Bonchev–Trinajstić information content (AvgIpc) is 3.34. The fraction of sp³-hybridized carbons (Fsp3) is 0.526. The minimum absolute atomic E-state index is 0.139. The lowest BCUT2D eigenvalue weighted by Crippen LogP contribution is -2.27. The van der Waals surface area contributed by atoms with Crippen molar-refractivity contribution in [1.82, 2.24) is 15.1 Å². The molecule has 2 aliphatic heterocycles. The zero-order chi connectivity index (χ0) is 15.4. The summed E-state index contributed by atoms with van der Waals surface area (Å²) in [5.41, 5.74) is 6.49. The molecule has 4 heteroatoms. The zero-order valence-corrected chi connectivity index (χ0v) is 13.3. The van der Waals surface area contributed by atoms with Crippen LogP contribution in [0.1, 0.15) is 60.0 Å². The molecule has 3 nitrogen and oxygen atoms in total. The van der Waals surface area contributed by atoms with E-state index in [4.69, 9.17) is 5.10 Å². The van der Waals surface area contributed by atoms with Gasteiger partial charge in [0, 0.05) is 17.2 Å². The molecule has 1 saturated carbocycles. The lowest BCUT2D eigenvalue weighted by atomic mass is 9.89. The van der Waals surface area contributed by atoms with Crippen LogP contribution in [-0.4, -0.2) is 22.9 Å². The Morgan fingerprint density at radius 2 is 1.87 bits per heavy atom. The Bertz CT molecular complexity index is 754. The summed E-state index contributed by atoms with van der Waals surface area (Å²) >= 11 is 0. The van der Waals surface area contributed by atoms with Gasteiger partial charge in [-0.25, -0.2) is 9.07 Å². The maximum absolute atomic E-state index is 13.5. The van der Waals surface area contributed by atoms with Gasteiger partial charge in [0.2, 0.25) is 0 Å². The third kappa shape index (κ3) is 2.23. The molecule has 0 unspecified atom stereocenters. The van der Waals surface area contributed by atoms with Crippen LogP contribution < -0.4 is 5.32 Å². The number of benzene rings is 1. The van der Waals surface area contributed by atoms with Gasteiger partial charge in [0.1, 0.15) is 5.82 Å². The molecule has 0 radical (unpaired) electrons. The van der Waals surface area contributed by atoms with Crippen LogP contribution in [0.15, 0.2) is 18.2 Å². The van der Waals surface area contributed by atoms with Crippen molar-refractivity contribution in [1.29, 1.82) is 0 Å².